The Kier molecular flexibility index (Phi) is 5.50. The molecule has 1 heterocycles. The molecule has 1 saturated carbocycles. The molecule has 0 amide bonds. The normalized spacial score (nSPS) is 33.5. The number of rotatable bonds is 4. The van der Waals surface area contributed by atoms with Crippen molar-refractivity contribution in [3.63, 3.8) is 0 Å². The first kappa shape index (κ1) is 14.3. The molecular weight excluding hydrogens is 220 g/mol. The summed E-state index contributed by atoms with van der Waals surface area (Å²) in [6, 6.07) is 2.28. The SMILES string of the molecule is CCC(C)N1CC(C2CCCCC2)NCC1CC. The van der Waals surface area contributed by atoms with E-state index in [-0.39, 0.29) is 0 Å². The molecule has 0 aromatic carbocycles. The lowest BCUT2D eigenvalue weighted by Gasteiger charge is -2.46. The standard InChI is InChI=1S/C16H32N2/c1-4-13(3)18-12-16(17-11-15(18)5-2)14-9-7-6-8-10-14/h13-17H,4-12H2,1-3H3. The Morgan fingerprint density at radius 1 is 1.17 bits per heavy atom. The van der Waals surface area contributed by atoms with E-state index < -0.39 is 0 Å². The van der Waals surface area contributed by atoms with Gasteiger partial charge in [0.2, 0.25) is 0 Å². The molecule has 2 rings (SSSR count). The molecular formula is C16H32N2. The third kappa shape index (κ3) is 3.27. The van der Waals surface area contributed by atoms with E-state index in [2.05, 4.69) is 31.0 Å². The summed E-state index contributed by atoms with van der Waals surface area (Å²) in [6.07, 6.45) is 9.89. The van der Waals surface area contributed by atoms with Crippen molar-refractivity contribution in [2.45, 2.75) is 83.8 Å². The third-order valence-corrected chi connectivity index (χ3v) is 5.34. The van der Waals surface area contributed by atoms with Crippen LogP contribution in [0, 0.1) is 5.92 Å². The topological polar surface area (TPSA) is 15.3 Å². The van der Waals surface area contributed by atoms with Gasteiger partial charge in [0.1, 0.15) is 0 Å². The zero-order chi connectivity index (χ0) is 13.0. The summed E-state index contributed by atoms with van der Waals surface area (Å²) in [4.78, 5) is 2.79. The molecule has 0 aromatic rings. The van der Waals surface area contributed by atoms with E-state index in [0.717, 1.165) is 24.0 Å². The molecule has 1 aliphatic heterocycles. The van der Waals surface area contributed by atoms with Crippen LogP contribution >= 0.6 is 0 Å². The lowest BCUT2D eigenvalue weighted by atomic mass is 9.82. The van der Waals surface area contributed by atoms with E-state index >= 15 is 0 Å². The van der Waals surface area contributed by atoms with Gasteiger partial charge in [0.25, 0.3) is 0 Å². The second-order valence-electron chi connectivity index (χ2n) is 6.43. The molecule has 3 unspecified atom stereocenters. The van der Waals surface area contributed by atoms with Gasteiger partial charge in [-0.2, -0.15) is 0 Å². The fraction of sp³-hybridized carbons (Fsp3) is 1.00. The monoisotopic (exact) mass is 252 g/mol. The van der Waals surface area contributed by atoms with Gasteiger partial charge in [0.05, 0.1) is 0 Å². The molecule has 18 heavy (non-hydrogen) atoms. The quantitative estimate of drug-likeness (QED) is 0.825. The van der Waals surface area contributed by atoms with E-state index in [0.29, 0.717) is 0 Å². The average molecular weight is 252 g/mol. The van der Waals surface area contributed by atoms with Gasteiger partial charge >= 0.3 is 0 Å². The Morgan fingerprint density at radius 3 is 2.50 bits per heavy atom. The molecule has 0 spiro atoms. The lowest BCUT2D eigenvalue weighted by molar-refractivity contribution is 0.0606. The van der Waals surface area contributed by atoms with Crippen LogP contribution in [-0.2, 0) is 0 Å². The lowest BCUT2D eigenvalue weighted by Crippen LogP contribution is -2.60. The van der Waals surface area contributed by atoms with Crippen molar-refractivity contribution in [1.82, 2.24) is 10.2 Å². The Balaban J connectivity index is 1.94. The van der Waals surface area contributed by atoms with Gasteiger partial charge in [0.15, 0.2) is 0 Å². The second kappa shape index (κ2) is 6.91. The molecule has 2 nitrogen and oxygen atoms in total. The van der Waals surface area contributed by atoms with Crippen molar-refractivity contribution in [2.75, 3.05) is 13.1 Å². The van der Waals surface area contributed by atoms with Crippen LogP contribution in [0.3, 0.4) is 0 Å². The van der Waals surface area contributed by atoms with Crippen LogP contribution in [-0.4, -0.2) is 36.1 Å². The van der Waals surface area contributed by atoms with Crippen molar-refractivity contribution < 1.29 is 0 Å². The zero-order valence-corrected chi connectivity index (χ0v) is 12.6. The van der Waals surface area contributed by atoms with Crippen LogP contribution in [0.2, 0.25) is 0 Å². The molecule has 1 aliphatic carbocycles. The van der Waals surface area contributed by atoms with Crippen molar-refractivity contribution in [2.24, 2.45) is 5.92 Å². The van der Waals surface area contributed by atoms with Gasteiger partial charge in [-0.05, 0) is 38.5 Å². The number of hydrogen-bond acceptors (Lipinski definition) is 2. The highest BCUT2D eigenvalue weighted by atomic mass is 15.3. The molecule has 1 saturated heterocycles. The van der Waals surface area contributed by atoms with Gasteiger partial charge in [0, 0.05) is 31.2 Å². The molecule has 0 bridgehead atoms. The summed E-state index contributed by atoms with van der Waals surface area (Å²) in [5.74, 6) is 0.947. The van der Waals surface area contributed by atoms with Gasteiger partial charge in [-0.3, -0.25) is 4.90 Å². The second-order valence-corrected chi connectivity index (χ2v) is 6.43. The highest BCUT2D eigenvalue weighted by molar-refractivity contribution is 4.91. The molecule has 2 aliphatic rings. The molecule has 0 radical (unpaired) electrons. The van der Waals surface area contributed by atoms with Crippen molar-refractivity contribution in [3.8, 4) is 0 Å². The molecule has 2 heteroatoms. The minimum atomic E-state index is 0.753. The Morgan fingerprint density at radius 2 is 1.89 bits per heavy atom. The van der Waals surface area contributed by atoms with E-state index in [1.165, 1.54) is 58.0 Å². The predicted molar refractivity (Wildman–Crippen MR) is 78.9 cm³/mol. The van der Waals surface area contributed by atoms with Crippen molar-refractivity contribution in [1.29, 1.82) is 0 Å². The van der Waals surface area contributed by atoms with Crippen LogP contribution in [0.5, 0.6) is 0 Å². The highest BCUT2D eigenvalue weighted by Crippen LogP contribution is 2.29. The molecule has 2 fully saturated rings. The van der Waals surface area contributed by atoms with Gasteiger partial charge in [-0.25, -0.2) is 0 Å². The molecule has 106 valence electrons. The van der Waals surface area contributed by atoms with E-state index in [1.54, 1.807) is 0 Å². The van der Waals surface area contributed by atoms with Crippen LogP contribution in [0.15, 0.2) is 0 Å². The van der Waals surface area contributed by atoms with Crippen molar-refractivity contribution >= 4 is 0 Å². The maximum absolute atomic E-state index is 3.86. The summed E-state index contributed by atoms with van der Waals surface area (Å²) < 4.78 is 0. The minimum absolute atomic E-state index is 0.753. The fourth-order valence-corrected chi connectivity index (χ4v) is 3.85. The maximum Gasteiger partial charge on any atom is 0.0224 e. The predicted octanol–water partition coefficient (Wildman–Crippen LogP) is 3.42. The average Bonchev–Trinajstić information content (AvgIpc) is 2.46. The van der Waals surface area contributed by atoms with E-state index in [4.69, 9.17) is 0 Å². The molecule has 0 aromatic heterocycles. The smallest absolute Gasteiger partial charge is 0.0224 e. The van der Waals surface area contributed by atoms with Gasteiger partial charge < -0.3 is 5.32 Å². The largest absolute Gasteiger partial charge is 0.311 e. The van der Waals surface area contributed by atoms with Gasteiger partial charge in [-0.15, -0.1) is 0 Å². The van der Waals surface area contributed by atoms with Crippen LogP contribution in [0.4, 0.5) is 0 Å². The first-order chi connectivity index (χ1) is 8.76. The van der Waals surface area contributed by atoms with Crippen LogP contribution in [0.1, 0.15) is 65.7 Å². The summed E-state index contributed by atoms with van der Waals surface area (Å²) in [6.45, 7) is 9.57. The summed E-state index contributed by atoms with van der Waals surface area (Å²) >= 11 is 0. The van der Waals surface area contributed by atoms with E-state index in [9.17, 15) is 0 Å². The molecule has 1 N–H and O–H groups in total. The first-order valence-electron chi connectivity index (χ1n) is 8.25. The van der Waals surface area contributed by atoms with Crippen LogP contribution in [0.25, 0.3) is 0 Å². The number of piperazine rings is 1. The Hall–Kier alpha value is -0.0800. The fourth-order valence-electron chi connectivity index (χ4n) is 3.85. The number of nitrogens with one attached hydrogen (secondary N) is 1. The Labute approximate surface area is 114 Å². The summed E-state index contributed by atoms with van der Waals surface area (Å²) in [7, 11) is 0. The van der Waals surface area contributed by atoms with Crippen LogP contribution < -0.4 is 5.32 Å². The number of hydrogen-bond donors (Lipinski definition) is 1. The first-order valence-corrected chi connectivity index (χ1v) is 8.25. The highest BCUT2D eigenvalue weighted by Gasteiger charge is 2.33. The minimum Gasteiger partial charge on any atom is -0.311 e. The molecule has 3 atom stereocenters. The third-order valence-electron chi connectivity index (χ3n) is 5.34. The zero-order valence-electron chi connectivity index (χ0n) is 12.6. The van der Waals surface area contributed by atoms with Crippen molar-refractivity contribution in [3.05, 3.63) is 0 Å². The Bertz CT molecular complexity index is 235. The van der Waals surface area contributed by atoms with Gasteiger partial charge in [-0.1, -0.05) is 33.1 Å². The maximum atomic E-state index is 3.86. The summed E-state index contributed by atoms with van der Waals surface area (Å²) in [5.41, 5.74) is 0. The number of nitrogens with zero attached hydrogens (tertiary/aromatic N) is 1. The van der Waals surface area contributed by atoms with E-state index in [1.807, 2.05) is 0 Å². The summed E-state index contributed by atoms with van der Waals surface area (Å²) in [5, 5.41) is 3.86.